The van der Waals surface area contributed by atoms with E-state index in [0.29, 0.717) is 5.76 Å². The van der Waals surface area contributed by atoms with Crippen molar-refractivity contribution in [1.82, 2.24) is 4.90 Å². The third-order valence-corrected chi connectivity index (χ3v) is 5.43. The minimum absolute atomic E-state index is 0.0745. The molecule has 1 aliphatic carbocycles. The molecule has 6 nitrogen and oxygen atoms in total. The first kappa shape index (κ1) is 18.1. The number of furan rings is 1. The smallest absolute Gasteiger partial charge is 0.371 e. The molecule has 2 aliphatic rings. The summed E-state index contributed by atoms with van der Waals surface area (Å²) in [5.74, 6) is 0.0792. The predicted molar refractivity (Wildman–Crippen MR) is 98.9 cm³/mol. The van der Waals surface area contributed by atoms with Gasteiger partial charge in [-0.1, -0.05) is 25.0 Å². The topological polar surface area (TPSA) is 72.1 Å². The molecule has 0 bridgehead atoms. The van der Waals surface area contributed by atoms with E-state index in [1.165, 1.54) is 37.3 Å². The summed E-state index contributed by atoms with van der Waals surface area (Å²) in [5, 5.41) is 8.87. The number of aromatic carboxylic acids is 1. The molecule has 144 valence electrons. The van der Waals surface area contributed by atoms with Crippen LogP contribution in [0.1, 0.15) is 47.6 Å². The second kappa shape index (κ2) is 7.74. The van der Waals surface area contributed by atoms with E-state index in [-0.39, 0.29) is 18.0 Å². The van der Waals surface area contributed by atoms with Crippen LogP contribution < -0.4 is 4.74 Å². The van der Waals surface area contributed by atoms with Gasteiger partial charge in [-0.3, -0.25) is 4.90 Å². The minimum Gasteiger partial charge on any atom is -0.486 e. The summed E-state index contributed by atoms with van der Waals surface area (Å²) in [7, 11) is 0. The zero-order chi connectivity index (χ0) is 18.7. The van der Waals surface area contributed by atoms with E-state index in [9.17, 15) is 4.79 Å². The molecule has 1 spiro atoms. The Morgan fingerprint density at radius 2 is 1.93 bits per heavy atom. The Balaban J connectivity index is 1.30. The molecule has 4 rings (SSSR count). The fourth-order valence-corrected chi connectivity index (χ4v) is 4.05. The number of benzene rings is 1. The van der Waals surface area contributed by atoms with Gasteiger partial charge < -0.3 is 19.0 Å². The SMILES string of the molecule is O=C(O)c1ccc(COc2ccc(CN3CCOC4(CCCC4)C3)cc2)o1. The van der Waals surface area contributed by atoms with Crippen LogP contribution in [0.2, 0.25) is 0 Å². The maximum absolute atomic E-state index is 10.8. The Morgan fingerprint density at radius 1 is 1.15 bits per heavy atom. The summed E-state index contributed by atoms with van der Waals surface area (Å²) >= 11 is 0. The van der Waals surface area contributed by atoms with Gasteiger partial charge in [-0.15, -0.1) is 0 Å². The van der Waals surface area contributed by atoms with Gasteiger partial charge in [0.1, 0.15) is 18.1 Å². The number of rotatable bonds is 6. The summed E-state index contributed by atoms with van der Waals surface area (Å²) in [6.45, 7) is 3.95. The number of hydrogen-bond donors (Lipinski definition) is 1. The highest BCUT2D eigenvalue weighted by Crippen LogP contribution is 2.36. The molecule has 2 heterocycles. The lowest BCUT2D eigenvalue weighted by Gasteiger charge is -2.40. The normalized spacial score (nSPS) is 19.4. The number of ether oxygens (including phenoxy) is 2. The molecular weight excluding hydrogens is 346 g/mol. The first-order chi connectivity index (χ1) is 13.1. The van der Waals surface area contributed by atoms with Crippen LogP contribution in [0.15, 0.2) is 40.8 Å². The van der Waals surface area contributed by atoms with Crippen molar-refractivity contribution in [3.05, 3.63) is 53.5 Å². The molecule has 1 saturated heterocycles. The zero-order valence-electron chi connectivity index (χ0n) is 15.4. The van der Waals surface area contributed by atoms with E-state index < -0.39 is 5.97 Å². The Bertz CT molecular complexity index is 776. The van der Waals surface area contributed by atoms with Crippen LogP contribution in [0.25, 0.3) is 0 Å². The maximum Gasteiger partial charge on any atom is 0.371 e. The van der Waals surface area contributed by atoms with Gasteiger partial charge in [-0.25, -0.2) is 4.79 Å². The van der Waals surface area contributed by atoms with E-state index in [2.05, 4.69) is 17.0 Å². The van der Waals surface area contributed by atoms with Crippen LogP contribution >= 0.6 is 0 Å². The molecule has 0 radical (unpaired) electrons. The van der Waals surface area contributed by atoms with Crippen molar-refractivity contribution in [2.75, 3.05) is 19.7 Å². The lowest BCUT2D eigenvalue weighted by molar-refractivity contribution is -0.107. The first-order valence-corrected chi connectivity index (χ1v) is 9.52. The number of hydrogen-bond acceptors (Lipinski definition) is 5. The van der Waals surface area contributed by atoms with Gasteiger partial charge in [0.25, 0.3) is 0 Å². The van der Waals surface area contributed by atoms with Gasteiger partial charge in [0.2, 0.25) is 5.76 Å². The molecule has 2 aromatic rings. The summed E-state index contributed by atoms with van der Waals surface area (Å²) < 4.78 is 17.0. The van der Waals surface area contributed by atoms with Crippen molar-refractivity contribution in [2.24, 2.45) is 0 Å². The average Bonchev–Trinajstić information content (AvgIpc) is 3.31. The molecule has 1 aliphatic heterocycles. The van der Waals surface area contributed by atoms with Crippen molar-refractivity contribution in [2.45, 2.75) is 44.4 Å². The van der Waals surface area contributed by atoms with Gasteiger partial charge in [0.15, 0.2) is 0 Å². The number of carboxylic acid groups (broad SMARTS) is 1. The number of carbonyl (C=O) groups is 1. The van der Waals surface area contributed by atoms with Gasteiger partial charge in [0.05, 0.1) is 12.2 Å². The van der Waals surface area contributed by atoms with Crippen LogP contribution in [0.4, 0.5) is 0 Å². The quantitative estimate of drug-likeness (QED) is 0.835. The van der Waals surface area contributed by atoms with Crippen LogP contribution in [0.5, 0.6) is 5.75 Å². The Kier molecular flexibility index (Phi) is 5.18. The van der Waals surface area contributed by atoms with E-state index in [1.807, 2.05) is 12.1 Å². The highest BCUT2D eigenvalue weighted by Gasteiger charge is 2.38. The second-order valence-electron chi connectivity index (χ2n) is 7.45. The monoisotopic (exact) mass is 371 g/mol. The highest BCUT2D eigenvalue weighted by atomic mass is 16.5. The first-order valence-electron chi connectivity index (χ1n) is 9.52. The molecule has 27 heavy (non-hydrogen) atoms. The number of carboxylic acids is 1. The molecule has 6 heteroatoms. The number of nitrogens with zero attached hydrogens (tertiary/aromatic N) is 1. The van der Waals surface area contributed by atoms with Crippen molar-refractivity contribution in [3.63, 3.8) is 0 Å². The summed E-state index contributed by atoms with van der Waals surface area (Å²) in [4.78, 5) is 13.3. The van der Waals surface area contributed by atoms with Crippen molar-refractivity contribution in [1.29, 1.82) is 0 Å². The van der Waals surface area contributed by atoms with Gasteiger partial charge in [0, 0.05) is 19.6 Å². The van der Waals surface area contributed by atoms with Gasteiger partial charge in [-0.05, 0) is 42.7 Å². The molecule has 1 aromatic carbocycles. The summed E-state index contributed by atoms with van der Waals surface area (Å²) in [6, 6.07) is 11.1. The average molecular weight is 371 g/mol. The fourth-order valence-electron chi connectivity index (χ4n) is 4.05. The molecule has 1 aromatic heterocycles. The lowest BCUT2D eigenvalue weighted by atomic mass is 9.99. The summed E-state index contributed by atoms with van der Waals surface area (Å²) in [5.41, 5.74) is 1.35. The molecule has 0 unspecified atom stereocenters. The van der Waals surface area contributed by atoms with E-state index in [4.69, 9.17) is 19.0 Å². The Hall–Kier alpha value is -2.31. The Labute approximate surface area is 158 Å². The van der Waals surface area contributed by atoms with E-state index in [0.717, 1.165) is 32.0 Å². The zero-order valence-corrected chi connectivity index (χ0v) is 15.4. The molecule has 1 N–H and O–H groups in total. The third-order valence-electron chi connectivity index (χ3n) is 5.43. The molecule has 1 saturated carbocycles. The largest absolute Gasteiger partial charge is 0.486 e. The second-order valence-corrected chi connectivity index (χ2v) is 7.45. The highest BCUT2D eigenvalue weighted by molar-refractivity contribution is 5.84. The van der Waals surface area contributed by atoms with Gasteiger partial charge in [-0.2, -0.15) is 0 Å². The fraction of sp³-hybridized carbons (Fsp3) is 0.476. The predicted octanol–water partition coefficient (Wildman–Crippen LogP) is 3.70. The summed E-state index contributed by atoms with van der Waals surface area (Å²) in [6.07, 6.45) is 4.94. The van der Waals surface area contributed by atoms with Crippen molar-refractivity contribution in [3.8, 4) is 5.75 Å². The molecule has 0 amide bonds. The molecule has 0 atom stereocenters. The molecular formula is C21H25NO5. The standard InChI is InChI=1S/C21H25NO5/c23-20(24)19-8-7-18(27-19)14-25-17-5-3-16(4-6-17)13-22-11-12-26-21(15-22)9-1-2-10-21/h3-8H,1-2,9-15H2,(H,23,24). The van der Waals surface area contributed by atoms with Crippen LogP contribution in [0, 0.1) is 0 Å². The van der Waals surface area contributed by atoms with Crippen LogP contribution in [0.3, 0.4) is 0 Å². The minimum atomic E-state index is -1.08. The maximum atomic E-state index is 10.8. The lowest BCUT2D eigenvalue weighted by Crippen LogP contribution is -2.49. The van der Waals surface area contributed by atoms with Crippen molar-refractivity contribution < 1.29 is 23.8 Å². The van der Waals surface area contributed by atoms with Crippen LogP contribution in [-0.4, -0.2) is 41.3 Å². The van der Waals surface area contributed by atoms with Crippen molar-refractivity contribution >= 4 is 5.97 Å². The third kappa shape index (κ3) is 4.34. The van der Waals surface area contributed by atoms with Gasteiger partial charge >= 0.3 is 5.97 Å². The number of morpholine rings is 1. The van der Waals surface area contributed by atoms with E-state index in [1.54, 1.807) is 6.07 Å². The van der Waals surface area contributed by atoms with E-state index >= 15 is 0 Å². The Morgan fingerprint density at radius 3 is 2.63 bits per heavy atom. The van der Waals surface area contributed by atoms with Crippen LogP contribution in [-0.2, 0) is 17.9 Å². The molecule has 2 fully saturated rings.